The number of rotatable bonds is 6. The highest BCUT2D eigenvalue weighted by molar-refractivity contribution is 6.31. The second-order valence-corrected chi connectivity index (χ2v) is 5.45. The van der Waals surface area contributed by atoms with Gasteiger partial charge in [-0.1, -0.05) is 29.3 Å². The molecule has 0 spiro atoms. The van der Waals surface area contributed by atoms with Crippen LogP contribution in [0.3, 0.4) is 0 Å². The summed E-state index contributed by atoms with van der Waals surface area (Å²) in [5.41, 5.74) is -0.0984. The summed E-state index contributed by atoms with van der Waals surface area (Å²) in [6.07, 6.45) is 0. The van der Waals surface area contributed by atoms with E-state index in [0.29, 0.717) is 10.8 Å². The summed E-state index contributed by atoms with van der Waals surface area (Å²) in [5, 5.41) is 2.98. The molecule has 0 saturated heterocycles. The van der Waals surface area contributed by atoms with Crippen LogP contribution in [0.15, 0.2) is 42.5 Å². The molecule has 0 aliphatic rings. The van der Waals surface area contributed by atoms with Crippen LogP contribution in [0.25, 0.3) is 0 Å². The number of hydrogen-bond donors (Lipinski definition) is 1. The van der Waals surface area contributed by atoms with Gasteiger partial charge in [0, 0.05) is 10.0 Å². The molecule has 0 unspecified atom stereocenters. The lowest BCUT2D eigenvalue weighted by molar-refractivity contribution is -0.149. The Balaban J connectivity index is 1.77. The van der Waals surface area contributed by atoms with Crippen molar-refractivity contribution in [2.75, 3.05) is 18.5 Å². The molecular formula is C16H12Cl2FNO4. The molecule has 5 nitrogen and oxygen atoms in total. The van der Waals surface area contributed by atoms with E-state index in [9.17, 15) is 14.0 Å². The standard InChI is InChI=1S/C16H12Cl2FNO4/c17-10-2-1-3-12(6-10)23-9-16(22)24-8-15(21)20-14-7-11(18)4-5-13(14)19/h1-7H,8-9H2,(H,20,21). The number of esters is 1. The maximum Gasteiger partial charge on any atom is 0.344 e. The van der Waals surface area contributed by atoms with Gasteiger partial charge in [0.1, 0.15) is 11.6 Å². The van der Waals surface area contributed by atoms with Crippen LogP contribution in [0, 0.1) is 5.82 Å². The summed E-state index contributed by atoms with van der Waals surface area (Å²) in [7, 11) is 0. The third-order valence-electron chi connectivity index (χ3n) is 2.72. The Bertz CT molecular complexity index is 755. The Hall–Kier alpha value is -2.31. The summed E-state index contributed by atoms with van der Waals surface area (Å²) in [4.78, 5) is 23.2. The van der Waals surface area contributed by atoms with E-state index in [1.165, 1.54) is 18.2 Å². The first-order chi connectivity index (χ1) is 11.4. The van der Waals surface area contributed by atoms with Gasteiger partial charge in [0.05, 0.1) is 5.69 Å². The van der Waals surface area contributed by atoms with Crippen molar-refractivity contribution in [3.05, 3.63) is 58.3 Å². The van der Waals surface area contributed by atoms with Gasteiger partial charge in [-0.3, -0.25) is 4.79 Å². The zero-order valence-electron chi connectivity index (χ0n) is 12.2. The number of nitrogens with one attached hydrogen (secondary N) is 1. The van der Waals surface area contributed by atoms with Gasteiger partial charge >= 0.3 is 5.97 Å². The quantitative estimate of drug-likeness (QED) is 0.786. The van der Waals surface area contributed by atoms with Gasteiger partial charge in [-0.15, -0.1) is 0 Å². The molecule has 0 fully saturated rings. The van der Waals surface area contributed by atoms with Crippen molar-refractivity contribution < 1.29 is 23.5 Å². The van der Waals surface area contributed by atoms with Gasteiger partial charge in [0.25, 0.3) is 5.91 Å². The van der Waals surface area contributed by atoms with E-state index in [4.69, 9.17) is 32.7 Å². The molecule has 0 aromatic heterocycles. The maximum atomic E-state index is 13.5. The molecular weight excluding hydrogens is 360 g/mol. The summed E-state index contributed by atoms with van der Waals surface area (Å²) in [5.74, 6) is -1.71. The Labute approximate surface area is 147 Å². The summed E-state index contributed by atoms with van der Waals surface area (Å²) < 4.78 is 23.4. The molecule has 8 heteroatoms. The third kappa shape index (κ3) is 5.72. The molecule has 0 heterocycles. The molecule has 0 aliphatic heterocycles. The number of ether oxygens (including phenoxy) is 2. The molecule has 126 valence electrons. The number of halogens is 3. The molecule has 1 N–H and O–H groups in total. The minimum Gasteiger partial charge on any atom is -0.482 e. The molecule has 0 saturated carbocycles. The zero-order chi connectivity index (χ0) is 17.5. The lowest BCUT2D eigenvalue weighted by atomic mass is 10.3. The van der Waals surface area contributed by atoms with Crippen molar-refractivity contribution in [1.82, 2.24) is 0 Å². The number of anilines is 1. The fourth-order valence-electron chi connectivity index (χ4n) is 1.67. The lowest BCUT2D eigenvalue weighted by Gasteiger charge is -2.09. The van der Waals surface area contributed by atoms with Crippen molar-refractivity contribution in [2.45, 2.75) is 0 Å². The highest BCUT2D eigenvalue weighted by Gasteiger charge is 2.11. The van der Waals surface area contributed by atoms with Gasteiger partial charge in [-0.25, -0.2) is 9.18 Å². The SMILES string of the molecule is O=C(COC(=O)COc1cccc(Cl)c1)Nc1cc(Cl)ccc1F. The number of benzene rings is 2. The monoisotopic (exact) mass is 371 g/mol. The van der Waals surface area contributed by atoms with Crippen molar-refractivity contribution in [1.29, 1.82) is 0 Å². The molecule has 24 heavy (non-hydrogen) atoms. The van der Waals surface area contributed by atoms with Gasteiger partial charge in [-0.05, 0) is 36.4 Å². The van der Waals surface area contributed by atoms with E-state index in [0.717, 1.165) is 6.07 Å². The van der Waals surface area contributed by atoms with Crippen LogP contribution in [0.1, 0.15) is 0 Å². The molecule has 2 aromatic rings. The van der Waals surface area contributed by atoms with Crippen LogP contribution < -0.4 is 10.1 Å². The third-order valence-corrected chi connectivity index (χ3v) is 3.19. The van der Waals surface area contributed by atoms with Gasteiger partial charge in [0.15, 0.2) is 13.2 Å². The zero-order valence-corrected chi connectivity index (χ0v) is 13.7. The van der Waals surface area contributed by atoms with Crippen molar-refractivity contribution in [2.24, 2.45) is 0 Å². The average molecular weight is 372 g/mol. The largest absolute Gasteiger partial charge is 0.482 e. The Morgan fingerprint density at radius 1 is 1.04 bits per heavy atom. The van der Waals surface area contributed by atoms with Crippen molar-refractivity contribution in [3.63, 3.8) is 0 Å². The van der Waals surface area contributed by atoms with E-state index in [2.05, 4.69) is 5.32 Å². The van der Waals surface area contributed by atoms with E-state index in [1.54, 1.807) is 18.2 Å². The van der Waals surface area contributed by atoms with E-state index in [1.807, 2.05) is 0 Å². The fourth-order valence-corrected chi connectivity index (χ4v) is 2.02. The van der Waals surface area contributed by atoms with Crippen LogP contribution >= 0.6 is 23.2 Å². The number of hydrogen-bond acceptors (Lipinski definition) is 4. The highest BCUT2D eigenvalue weighted by atomic mass is 35.5. The summed E-state index contributed by atoms with van der Waals surface area (Å²) in [6, 6.07) is 10.2. The Morgan fingerprint density at radius 3 is 2.54 bits per heavy atom. The molecule has 0 radical (unpaired) electrons. The van der Waals surface area contributed by atoms with Crippen LogP contribution in [0.2, 0.25) is 10.0 Å². The summed E-state index contributed by atoms with van der Waals surface area (Å²) >= 11 is 11.5. The van der Waals surface area contributed by atoms with Gasteiger partial charge < -0.3 is 14.8 Å². The van der Waals surface area contributed by atoms with E-state index >= 15 is 0 Å². The van der Waals surface area contributed by atoms with E-state index in [-0.39, 0.29) is 17.3 Å². The van der Waals surface area contributed by atoms with Crippen molar-refractivity contribution in [3.8, 4) is 5.75 Å². The predicted octanol–water partition coefficient (Wildman–Crippen LogP) is 3.69. The topological polar surface area (TPSA) is 64.6 Å². The maximum absolute atomic E-state index is 13.5. The van der Waals surface area contributed by atoms with Crippen LogP contribution in [0.5, 0.6) is 5.75 Å². The normalized spacial score (nSPS) is 10.1. The van der Waals surface area contributed by atoms with Gasteiger partial charge in [0.2, 0.25) is 0 Å². The first kappa shape index (κ1) is 18.0. The second kappa shape index (κ2) is 8.52. The molecule has 1 amide bonds. The van der Waals surface area contributed by atoms with Gasteiger partial charge in [-0.2, -0.15) is 0 Å². The molecule has 0 aliphatic carbocycles. The smallest absolute Gasteiger partial charge is 0.344 e. The highest BCUT2D eigenvalue weighted by Crippen LogP contribution is 2.19. The number of carbonyl (C=O) groups is 2. The fraction of sp³-hybridized carbons (Fsp3) is 0.125. The number of amides is 1. The van der Waals surface area contributed by atoms with Crippen LogP contribution in [-0.4, -0.2) is 25.1 Å². The molecule has 0 atom stereocenters. The molecule has 0 bridgehead atoms. The predicted molar refractivity (Wildman–Crippen MR) is 87.9 cm³/mol. The first-order valence-electron chi connectivity index (χ1n) is 6.73. The minimum absolute atomic E-state index is 0.0984. The van der Waals surface area contributed by atoms with Crippen LogP contribution in [-0.2, 0) is 14.3 Å². The van der Waals surface area contributed by atoms with E-state index < -0.39 is 24.3 Å². The molecule has 2 aromatic carbocycles. The first-order valence-corrected chi connectivity index (χ1v) is 7.48. The summed E-state index contributed by atoms with van der Waals surface area (Å²) in [6.45, 7) is -0.969. The second-order valence-electron chi connectivity index (χ2n) is 4.58. The Morgan fingerprint density at radius 2 is 1.79 bits per heavy atom. The van der Waals surface area contributed by atoms with Crippen molar-refractivity contribution >= 4 is 40.8 Å². The minimum atomic E-state index is -0.753. The average Bonchev–Trinajstić information content (AvgIpc) is 2.54. The Kier molecular flexibility index (Phi) is 6.40. The van der Waals surface area contributed by atoms with Crippen LogP contribution in [0.4, 0.5) is 10.1 Å². The lowest BCUT2D eigenvalue weighted by Crippen LogP contribution is -2.24. The number of carbonyl (C=O) groups excluding carboxylic acids is 2. The molecule has 2 rings (SSSR count).